The maximum atomic E-state index is 12.6. The highest BCUT2D eigenvalue weighted by atomic mass is 16.4. The molecule has 2 aromatic heterocycles. The minimum Gasteiger partial charge on any atom is -0.459 e. The molecule has 2 saturated heterocycles. The Labute approximate surface area is 162 Å². The number of hydrogen-bond acceptors (Lipinski definition) is 6. The van der Waals surface area contributed by atoms with Crippen molar-refractivity contribution in [2.75, 3.05) is 13.1 Å². The average molecular weight is 378 g/mol. The van der Waals surface area contributed by atoms with Crippen molar-refractivity contribution in [3.63, 3.8) is 0 Å². The van der Waals surface area contributed by atoms with E-state index in [0.717, 1.165) is 37.9 Å². The third-order valence-corrected chi connectivity index (χ3v) is 5.87. The molecule has 144 valence electrons. The Bertz CT molecular complexity index is 943. The fourth-order valence-electron chi connectivity index (χ4n) is 4.31. The first kappa shape index (κ1) is 17.2. The summed E-state index contributed by atoms with van der Waals surface area (Å²) in [6.45, 7) is 2.39. The topological polar surface area (TPSA) is 84.4 Å². The van der Waals surface area contributed by atoms with Gasteiger partial charge in [-0.15, -0.1) is 10.2 Å². The predicted molar refractivity (Wildman–Crippen MR) is 101 cm³/mol. The molecule has 28 heavy (non-hydrogen) atoms. The Balaban J connectivity index is 1.20. The monoisotopic (exact) mass is 378 g/mol. The van der Waals surface area contributed by atoms with Gasteiger partial charge in [-0.3, -0.25) is 9.69 Å². The van der Waals surface area contributed by atoms with E-state index >= 15 is 0 Å². The van der Waals surface area contributed by atoms with E-state index in [-0.39, 0.29) is 17.4 Å². The molecular weight excluding hydrogens is 356 g/mol. The maximum Gasteiger partial charge on any atom is 0.283 e. The number of aromatic nitrogens is 2. The molecule has 5 rings (SSSR count). The molecule has 0 saturated carbocycles. The van der Waals surface area contributed by atoms with E-state index in [0.29, 0.717) is 24.1 Å². The first-order valence-electron chi connectivity index (χ1n) is 9.66. The molecule has 2 aliphatic rings. The van der Waals surface area contributed by atoms with Gasteiger partial charge in [0.15, 0.2) is 5.76 Å². The largest absolute Gasteiger partial charge is 0.459 e. The molecule has 3 aromatic rings. The van der Waals surface area contributed by atoms with Crippen LogP contribution in [0, 0.1) is 0 Å². The van der Waals surface area contributed by atoms with Crippen LogP contribution in [0.15, 0.2) is 57.6 Å². The van der Waals surface area contributed by atoms with Gasteiger partial charge < -0.3 is 14.2 Å². The molecule has 2 fully saturated rings. The highest BCUT2D eigenvalue weighted by molar-refractivity contribution is 5.87. The summed E-state index contributed by atoms with van der Waals surface area (Å²) in [6, 6.07) is 13.7. The van der Waals surface area contributed by atoms with Gasteiger partial charge in [0, 0.05) is 18.6 Å². The molecule has 1 atom stereocenters. The van der Waals surface area contributed by atoms with Crippen LogP contribution in [0.25, 0.3) is 11.7 Å². The van der Waals surface area contributed by atoms with Gasteiger partial charge in [-0.25, -0.2) is 0 Å². The van der Waals surface area contributed by atoms with Crippen molar-refractivity contribution < 1.29 is 13.6 Å². The highest BCUT2D eigenvalue weighted by Gasteiger charge is 2.46. The highest BCUT2D eigenvalue weighted by Crippen LogP contribution is 2.39. The summed E-state index contributed by atoms with van der Waals surface area (Å²) in [6.07, 6.45) is 4.32. The van der Waals surface area contributed by atoms with E-state index in [1.54, 1.807) is 18.4 Å². The predicted octanol–water partition coefficient (Wildman–Crippen LogP) is 2.97. The molecule has 0 unspecified atom stereocenters. The van der Waals surface area contributed by atoms with Crippen LogP contribution in [-0.4, -0.2) is 39.6 Å². The summed E-state index contributed by atoms with van der Waals surface area (Å²) in [7, 11) is 0. The number of hydrogen-bond donors (Lipinski definition) is 1. The third kappa shape index (κ3) is 3.22. The average Bonchev–Trinajstić information content (AvgIpc) is 3.45. The Morgan fingerprint density at radius 3 is 2.68 bits per heavy atom. The SMILES string of the molecule is O=C1NC2(CCN(Cc3nnc(-c4ccco4)o3)CC2)C[C@H]1c1ccccc1. The van der Waals surface area contributed by atoms with Crippen molar-refractivity contribution in [1.82, 2.24) is 20.4 Å². The molecule has 0 bridgehead atoms. The van der Waals surface area contributed by atoms with E-state index in [4.69, 9.17) is 8.83 Å². The molecular formula is C21H22N4O3. The van der Waals surface area contributed by atoms with E-state index in [1.165, 1.54) is 0 Å². The zero-order valence-electron chi connectivity index (χ0n) is 15.5. The number of piperidine rings is 1. The van der Waals surface area contributed by atoms with Gasteiger partial charge in [0.25, 0.3) is 5.89 Å². The quantitative estimate of drug-likeness (QED) is 0.751. The van der Waals surface area contributed by atoms with E-state index in [1.807, 2.05) is 30.3 Å². The third-order valence-electron chi connectivity index (χ3n) is 5.87. The van der Waals surface area contributed by atoms with Crippen molar-refractivity contribution in [1.29, 1.82) is 0 Å². The number of rotatable bonds is 4. The van der Waals surface area contributed by atoms with E-state index in [9.17, 15) is 4.79 Å². The van der Waals surface area contributed by atoms with Crippen LogP contribution in [0.5, 0.6) is 0 Å². The van der Waals surface area contributed by atoms with Gasteiger partial charge in [-0.1, -0.05) is 30.3 Å². The number of nitrogens with zero attached hydrogens (tertiary/aromatic N) is 3. The van der Waals surface area contributed by atoms with Crippen molar-refractivity contribution in [3.8, 4) is 11.7 Å². The van der Waals surface area contributed by atoms with Crippen LogP contribution < -0.4 is 5.32 Å². The van der Waals surface area contributed by atoms with Crippen LogP contribution >= 0.6 is 0 Å². The smallest absolute Gasteiger partial charge is 0.283 e. The fourth-order valence-corrected chi connectivity index (χ4v) is 4.31. The number of benzene rings is 1. The first-order chi connectivity index (χ1) is 13.7. The molecule has 2 aliphatic heterocycles. The van der Waals surface area contributed by atoms with Crippen LogP contribution in [-0.2, 0) is 11.3 Å². The first-order valence-corrected chi connectivity index (χ1v) is 9.66. The van der Waals surface area contributed by atoms with Gasteiger partial charge in [0.2, 0.25) is 11.8 Å². The lowest BCUT2D eigenvalue weighted by molar-refractivity contribution is -0.121. The summed E-state index contributed by atoms with van der Waals surface area (Å²) in [5.41, 5.74) is 1.01. The van der Waals surface area contributed by atoms with Crippen molar-refractivity contribution >= 4 is 5.91 Å². The summed E-state index contributed by atoms with van der Waals surface area (Å²) < 4.78 is 11.0. The lowest BCUT2D eigenvalue weighted by Gasteiger charge is -2.38. The van der Waals surface area contributed by atoms with Crippen LogP contribution in [0.4, 0.5) is 0 Å². The van der Waals surface area contributed by atoms with E-state index < -0.39 is 0 Å². The Hall–Kier alpha value is -2.93. The molecule has 1 aromatic carbocycles. The van der Waals surface area contributed by atoms with Crippen molar-refractivity contribution in [2.45, 2.75) is 37.3 Å². The molecule has 1 amide bonds. The Morgan fingerprint density at radius 2 is 1.93 bits per heavy atom. The van der Waals surface area contributed by atoms with Gasteiger partial charge in [0.1, 0.15) is 0 Å². The minimum absolute atomic E-state index is 0.0421. The summed E-state index contributed by atoms with van der Waals surface area (Å²) in [5.74, 6) is 1.68. The summed E-state index contributed by atoms with van der Waals surface area (Å²) in [5, 5.41) is 11.5. The number of nitrogens with one attached hydrogen (secondary N) is 1. The van der Waals surface area contributed by atoms with Gasteiger partial charge in [0.05, 0.1) is 18.7 Å². The van der Waals surface area contributed by atoms with Gasteiger partial charge in [-0.2, -0.15) is 0 Å². The maximum absolute atomic E-state index is 12.6. The van der Waals surface area contributed by atoms with Crippen LogP contribution in [0.1, 0.15) is 36.6 Å². The van der Waals surface area contributed by atoms with E-state index in [2.05, 4.69) is 20.4 Å². The molecule has 7 heteroatoms. The number of likely N-dealkylation sites (tertiary alicyclic amines) is 1. The van der Waals surface area contributed by atoms with Gasteiger partial charge in [-0.05, 0) is 37.0 Å². The summed E-state index contributed by atoms with van der Waals surface area (Å²) >= 11 is 0. The molecule has 4 heterocycles. The minimum atomic E-state index is -0.0950. The molecule has 0 aliphatic carbocycles. The second kappa shape index (κ2) is 6.91. The van der Waals surface area contributed by atoms with Crippen LogP contribution in [0.2, 0.25) is 0 Å². The van der Waals surface area contributed by atoms with Crippen molar-refractivity contribution in [2.24, 2.45) is 0 Å². The number of amides is 1. The lowest BCUT2D eigenvalue weighted by atomic mass is 9.82. The Kier molecular flexibility index (Phi) is 4.24. The van der Waals surface area contributed by atoms with Crippen molar-refractivity contribution in [3.05, 3.63) is 60.2 Å². The van der Waals surface area contributed by atoms with Gasteiger partial charge >= 0.3 is 0 Å². The Morgan fingerprint density at radius 1 is 1.11 bits per heavy atom. The second-order valence-electron chi connectivity index (χ2n) is 7.69. The molecule has 1 N–H and O–H groups in total. The zero-order valence-corrected chi connectivity index (χ0v) is 15.5. The summed E-state index contributed by atoms with van der Waals surface area (Å²) in [4.78, 5) is 14.9. The molecule has 7 nitrogen and oxygen atoms in total. The lowest BCUT2D eigenvalue weighted by Crippen LogP contribution is -2.50. The number of furan rings is 1. The standard InChI is InChI=1S/C21H22N4O3/c26-19-16(15-5-2-1-3-6-15)13-21(22-19)8-10-25(11-9-21)14-18-23-24-20(28-18)17-7-4-12-27-17/h1-7,12,16H,8-11,13-14H2,(H,22,26)/t16-/m0/s1. The molecule has 0 radical (unpaired) electrons. The number of carbonyl (C=O) groups excluding carboxylic acids is 1. The van der Waals surface area contributed by atoms with Crippen LogP contribution in [0.3, 0.4) is 0 Å². The fraction of sp³-hybridized carbons (Fsp3) is 0.381. The normalized spacial score (nSPS) is 21.9. The number of carbonyl (C=O) groups is 1. The zero-order chi connectivity index (χ0) is 19.0. The second-order valence-corrected chi connectivity index (χ2v) is 7.69. The molecule has 1 spiro atoms.